The maximum absolute atomic E-state index is 6.75. The fraction of sp³-hybridized carbons (Fsp3) is 0.0690. The molecule has 0 amide bonds. The number of benzene rings is 9. The third kappa shape index (κ3) is 5.17. The Morgan fingerprint density at radius 1 is 0.393 bits per heavy atom. The molecule has 2 aliphatic rings. The topological polar surface area (TPSA) is 17.4 Å². The Labute approximate surface area is 356 Å². The highest BCUT2D eigenvalue weighted by Crippen LogP contribution is 2.56. The molecule has 3 heteroatoms. The van der Waals surface area contributed by atoms with Crippen molar-refractivity contribution in [3.8, 4) is 28.3 Å². The Balaban J connectivity index is 1.08. The van der Waals surface area contributed by atoms with Crippen molar-refractivity contribution in [2.45, 2.75) is 24.7 Å². The Morgan fingerprint density at radius 3 is 1.66 bits per heavy atom. The zero-order valence-electron chi connectivity index (χ0n) is 34.1. The van der Waals surface area contributed by atoms with Crippen molar-refractivity contribution in [1.29, 1.82) is 0 Å². The lowest BCUT2D eigenvalue weighted by molar-refractivity contribution is 0.418. The van der Waals surface area contributed by atoms with Gasteiger partial charge in [-0.15, -0.1) is 0 Å². The molecule has 0 saturated carbocycles. The molecule has 290 valence electrons. The lowest BCUT2D eigenvalue weighted by atomic mass is 9.68. The van der Waals surface area contributed by atoms with Crippen molar-refractivity contribution in [2.75, 3.05) is 4.90 Å². The highest BCUT2D eigenvalue weighted by molar-refractivity contribution is 6.10. The second-order valence-corrected chi connectivity index (χ2v) is 16.9. The van der Waals surface area contributed by atoms with Crippen LogP contribution in [-0.4, -0.2) is 4.57 Å². The fourth-order valence-corrected chi connectivity index (χ4v) is 10.6. The van der Waals surface area contributed by atoms with E-state index in [1.165, 1.54) is 60.8 Å². The average Bonchev–Trinajstić information content (AvgIpc) is 3.80. The first-order valence-corrected chi connectivity index (χ1v) is 21.2. The van der Waals surface area contributed by atoms with E-state index >= 15 is 0 Å². The van der Waals surface area contributed by atoms with E-state index in [-0.39, 0.29) is 5.41 Å². The van der Waals surface area contributed by atoms with Crippen LogP contribution < -0.4 is 9.64 Å². The zero-order chi connectivity index (χ0) is 40.7. The van der Waals surface area contributed by atoms with Crippen LogP contribution in [-0.2, 0) is 10.8 Å². The number of aromatic nitrogens is 1. The number of rotatable bonds is 6. The summed E-state index contributed by atoms with van der Waals surface area (Å²) in [4.78, 5) is 2.39. The summed E-state index contributed by atoms with van der Waals surface area (Å²) in [6.07, 6.45) is 0. The molecule has 10 aromatic rings. The summed E-state index contributed by atoms with van der Waals surface area (Å²) < 4.78 is 9.14. The molecule has 1 aliphatic carbocycles. The highest BCUT2D eigenvalue weighted by atomic mass is 16.5. The molecular formula is C58H42N2O. The fourth-order valence-electron chi connectivity index (χ4n) is 10.6. The lowest BCUT2D eigenvalue weighted by Gasteiger charge is -2.36. The molecule has 0 saturated heterocycles. The van der Waals surface area contributed by atoms with Gasteiger partial charge in [-0.1, -0.05) is 172 Å². The first-order chi connectivity index (χ1) is 30.0. The van der Waals surface area contributed by atoms with Crippen LogP contribution in [0.2, 0.25) is 0 Å². The van der Waals surface area contributed by atoms with Gasteiger partial charge in [-0.25, -0.2) is 0 Å². The highest BCUT2D eigenvalue weighted by Gasteiger charge is 2.46. The van der Waals surface area contributed by atoms with Crippen LogP contribution in [0.1, 0.15) is 47.2 Å². The van der Waals surface area contributed by atoms with Crippen molar-refractivity contribution in [3.63, 3.8) is 0 Å². The molecule has 2 heterocycles. The molecule has 9 aromatic carbocycles. The third-order valence-corrected chi connectivity index (χ3v) is 13.3. The summed E-state index contributed by atoms with van der Waals surface area (Å²) >= 11 is 0. The van der Waals surface area contributed by atoms with Gasteiger partial charge in [-0.05, 0) is 88.0 Å². The molecule has 0 radical (unpaired) electrons. The first-order valence-electron chi connectivity index (χ1n) is 21.2. The summed E-state index contributed by atoms with van der Waals surface area (Å²) in [5.74, 6) is 1.79. The number of nitrogens with zero attached hydrogens (tertiary/aromatic N) is 2. The van der Waals surface area contributed by atoms with E-state index in [2.05, 4.69) is 242 Å². The van der Waals surface area contributed by atoms with Crippen molar-refractivity contribution in [2.24, 2.45) is 0 Å². The van der Waals surface area contributed by atoms with Gasteiger partial charge in [-0.2, -0.15) is 0 Å². The molecule has 12 rings (SSSR count). The smallest absolute Gasteiger partial charge is 0.133 e. The van der Waals surface area contributed by atoms with Gasteiger partial charge >= 0.3 is 0 Å². The molecular weight excluding hydrogens is 741 g/mol. The van der Waals surface area contributed by atoms with Crippen LogP contribution in [0.15, 0.2) is 218 Å². The standard InChI is InChI=1S/C58H42N2O/c1-57(2)51-26-14-16-28-55(51)61-56-38-44(34-36-52(56)57)59(43-33-35-48-47-23-11-15-27-53(47)60(54(48)37-43)41-19-7-4-8-20-41)42-31-29-40(30-32-42)58(39-17-5-3-6-18-39)49-24-12-9-21-45(49)46-22-10-13-25-50(46)58/h3-38H,1-2H3. The van der Waals surface area contributed by atoms with E-state index in [0.717, 1.165) is 39.8 Å². The molecule has 1 aromatic heterocycles. The molecule has 61 heavy (non-hydrogen) atoms. The predicted molar refractivity (Wildman–Crippen MR) is 251 cm³/mol. The molecule has 0 atom stereocenters. The van der Waals surface area contributed by atoms with Gasteiger partial charge in [0, 0.05) is 56.1 Å². The maximum Gasteiger partial charge on any atom is 0.133 e. The predicted octanol–water partition coefficient (Wildman–Crippen LogP) is 15.0. The van der Waals surface area contributed by atoms with Crippen LogP contribution in [0.25, 0.3) is 38.6 Å². The second-order valence-electron chi connectivity index (χ2n) is 16.9. The van der Waals surface area contributed by atoms with Crippen LogP contribution in [0.3, 0.4) is 0 Å². The van der Waals surface area contributed by atoms with Crippen LogP contribution in [0.4, 0.5) is 17.1 Å². The molecule has 3 nitrogen and oxygen atoms in total. The summed E-state index contributed by atoms with van der Waals surface area (Å²) in [5, 5.41) is 2.45. The number of anilines is 3. The van der Waals surface area contributed by atoms with Gasteiger partial charge in [-0.3, -0.25) is 0 Å². The maximum atomic E-state index is 6.75. The Kier molecular flexibility index (Phi) is 7.79. The van der Waals surface area contributed by atoms with Gasteiger partial charge in [0.1, 0.15) is 11.5 Å². The van der Waals surface area contributed by atoms with E-state index in [9.17, 15) is 0 Å². The Bertz CT molecular complexity index is 3260. The summed E-state index contributed by atoms with van der Waals surface area (Å²) in [6.45, 7) is 4.59. The quantitative estimate of drug-likeness (QED) is 0.167. The zero-order valence-corrected chi connectivity index (χ0v) is 34.1. The van der Waals surface area contributed by atoms with E-state index in [1.807, 2.05) is 0 Å². The Hall–Kier alpha value is -7.62. The van der Waals surface area contributed by atoms with Gasteiger partial charge in [0.15, 0.2) is 0 Å². The van der Waals surface area contributed by atoms with E-state index < -0.39 is 5.41 Å². The summed E-state index contributed by atoms with van der Waals surface area (Å²) in [6, 6.07) is 79.7. The van der Waals surface area contributed by atoms with Crippen molar-refractivity contribution in [1.82, 2.24) is 4.57 Å². The van der Waals surface area contributed by atoms with Gasteiger partial charge in [0.25, 0.3) is 0 Å². The molecule has 0 spiro atoms. The summed E-state index contributed by atoms with van der Waals surface area (Å²) in [5.41, 5.74) is 16.0. The normalized spacial score (nSPS) is 14.1. The SMILES string of the molecule is CC1(C)c2ccccc2Oc2cc(N(c3ccc(C4(c5ccccc5)c5ccccc5-c5ccccc54)cc3)c3ccc4c5ccccc5n(-c5ccccc5)c4c3)ccc21. The van der Waals surface area contributed by atoms with Crippen molar-refractivity contribution in [3.05, 3.63) is 252 Å². The summed E-state index contributed by atoms with van der Waals surface area (Å²) in [7, 11) is 0. The van der Waals surface area contributed by atoms with E-state index in [4.69, 9.17) is 4.74 Å². The molecule has 0 bridgehead atoms. The Morgan fingerprint density at radius 2 is 0.918 bits per heavy atom. The minimum atomic E-state index is -0.480. The van der Waals surface area contributed by atoms with Crippen LogP contribution >= 0.6 is 0 Å². The number of fused-ring (bicyclic) bond motifs is 8. The van der Waals surface area contributed by atoms with Crippen LogP contribution in [0, 0.1) is 0 Å². The first kappa shape index (κ1) is 35.3. The monoisotopic (exact) mass is 782 g/mol. The lowest BCUT2D eigenvalue weighted by Crippen LogP contribution is -2.28. The average molecular weight is 783 g/mol. The number of hydrogen-bond acceptors (Lipinski definition) is 2. The van der Waals surface area contributed by atoms with Gasteiger partial charge < -0.3 is 14.2 Å². The molecule has 0 fully saturated rings. The van der Waals surface area contributed by atoms with Crippen LogP contribution in [0.5, 0.6) is 11.5 Å². The van der Waals surface area contributed by atoms with Crippen molar-refractivity contribution < 1.29 is 4.74 Å². The van der Waals surface area contributed by atoms with Gasteiger partial charge in [0.05, 0.1) is 16.4 Å². The van der Waals surface area contributed by atoms with E-state index in [1.54, 1.807) is 0 Å². The minimum absolute atomic E-state index is 0.218. The van der Waals surface area contributed by atoms with Gasteiger partial charge in [0.2, 0.25) is 0 Å². The number of hydrogen-bond donors (Lipinski definition) is 0. The molecule has 0 N–H and O–H groups in total. The minimum Gasteiger partial charge on any atom is -0.457 e. The van der Waals surface area contributed by atoms with Crippen molar-refractivity contribution >= 4 is 38.9 Å². The number of ether oxygens (including phenoxy) is 1. The number of para-hydroxylation sites is 3. The third-order valence-electron chi connectivity index (χ3n) is 13.3. The molecule has 1 aliphatic heterocycles. The van der Waals surface area contributed by atoms with E-state index in [0.29, 0.717) is 0 Å². The largest absolute Gasteiger partial charge is 0.457 e. The molecule has 0 unspecified atom stereocenters. The second kappa shape index (κ2) is 13.5.